The van der Waals surface area contributed by atoms with Gasteiger partial charge in [0, 0.05) is 18.8 Å². The number of nitrogens with zero attached hydrogens (tertiary/aromatic N) is 3. The zero-order chi connectivity index (χ0) is 17.3. The molecule has 1 aliphatic rings. The molecule has 1 saturated heterocycles. The molecule has 2 unspecified atom stereocenters. The maximum atomic E-state index is 12.6. The van der Waals surface area contributed by atoms with Crippen molar-refractivity contribution >= 4 is 11.7 Å². The van der Waals surface area contributed by atoms with Crippen molar-refractivity contribution in [2.24, 2.45) is 5.92 Å². The predicted molar refractivity (Wildman–Crippen MR) is 93.4 cm³/mol. The molecule has 0 spiro atoms. The van der Waals surface area contributed by atoms with Gasteiger partial charge in [0.15, 0.2) is 0 Å². The lowest BCUT2D eigenvalue weighted by Gasteiger charge is -2.34. The van der Waals surface area contributed by atoms with E-state index in [9.17, 15) is 9.90 Å². The average molecular weight is 328 g/mol. The molecule has 2 heterocycles. The number of amides is 2. The number of anilines is 1. The summed E-state index contributed by atoms with van der Waals surface area (Å²) in [5, 5.41) is 17.5. The number of para-hydroxylation sites is 2. The van der Waals surface area contributed by atoms with Crippen LogP contribution < -0.4 is 5.32 Å². The van der Waals surface area contributed by atoms with Gasteiger partial charge in [-0.2, -0.15) is 5.10 Å². The van der Waals surface area contributed by atoms with E-state index >= 15 is 0 Å². The van der Waals surface area contributed by atoms with Gasteiger partial charge >= 0.3 is 6.03 Å². The van der Waals surface area contributed by atoms with Crippen LogP contribution in [0.3, 0.4) is 0 Å². The Morgan fingerprint density at radius 3 is 2.75 bits per heavy atom. The van der Waals surface area contributed by atoms with Crippen LogP contribution in [0.5, 0.6) is 0 Å². The Morgan fingerprint density at radius 1 is 1.33 bits per heavy atom. The van der Waals surface area contributed by atoms with Crippen molar-refractivity contribution in [2.45, 2.75) is 33.3 Å². The summed E-state index contributed by atoms with van der Waals surface area (Å²) >= 11 is 0. The number of urea groups is 1. The molecule has 0 aliphatic carbocycles. The van der Waals surface area contributed by atoms with Gasteiger partial charge in [0.1, 0.15) is 0 Å². The summed E-state index contributed by atoms with van der Waals surface area (Å²) < 4.78 is 1.83. The Labute approximate surface area is 142 Å². The van der Waals surface area contributed by atoms with Gasteiger partial charge in [0.25, 0.3) is 0 Å². The van der Waals surface area contributed by atoms with Crippen molar-refractivity contribution in [1.29, 1.82) is 0 Å². The van der Waals surface area contributed by atoms with Crippen LogP contribution in [-0.2, 0) is 0 Å². The van der Waals surface area contributed by atoms with Gasteiger partial charge in [-0.15, -0.1) is 0 Å². The third-order valence-corrected chi connectivity index (χ3v) is 4.59. The van der Waals surface area contributed by atoms with Gasteiger partial charge in [-0.1, -0.05) is 19.1 Å². The molecular formula is C18H24N4O2. The molecule has 24 heavy (non-hydrogen) atoms. The van der Waals surface area contributed by atoms with E-state index in [1.165, 1.54) is 0 Å². The van der Waals surface area contributed by atoms with Crippen LogP contribution in [0, 0.1) is 19.8 Å². The number of piperidine rings is 1. The van der Waals surface area contributed by atoms with Crippen molar-refractivity contribution in [3.63, 3.8) is 0 Å². The highest BCUT2D eigenvalue weighted by Crippen LogP contribution is 2.23. The van der Waals surface area contributed by atoms with E-state index in [1.807, 2.05) is 55.8 Å². The number of aliphatic hydroxyl groups is 1. The highest BCUT2D eigenvalue weighted by atomic mass is 16.3. The minimum Gasteiger partial charge on any atom is -0.391 e. The Bertz CT molecular complexity index is 740. The van der Waals surface area contributed by atoms with E-state index in [0.29, 0.717) is 18.8 Å². The fourth-order valence-corrected chi connectivity index (χ4v) is 3.06. The van der Waals surface area contributed by atoms with Gasteiger partial charge in [-0.25, -0.2) is 9.48 Å². The van der Waals surface area contributed by atoms with Crippen LogP contribution in [0.25, 0.3) is 5.69 Å². The number of likely N-dealkylation sites (tertiary alicyclic amines) is 1. The van der Waals surface area contributed by atoms with E-state index in [-0.39, 0.29) is 11.9 Å². The van der Waals surface area contributed by atoms with Crippen LogP contribution in [-0.4, -0.2) is 45.0 Å². The number of aryl methyl sites for hydroxylation is 2. The summed E-state index contributed by atoms with van der Waals surface area (Å²) in [7, 11) is 0. The van der Waals surface area contributed by atoms with Crippen molar-refractivity contribution < 1.29 is 9.90 Å². The van der Waals surface area contributed by atoms with E-state index < -0.39 is 6.10 Å². The topological polar surface area (TPSA) is 70.4 Å². The fraction of sp³-hybridized carbons (Fsp3) is 0.444. The van der Waals surface area contributed by atoms with Crippen LogP contribution in [0.4, 0.5) is 10.5 Å². The summed E-state index contributed by atoms with van der Waals surface area (Å²) in [6.45, 7) is 6.97. The molecule has 0 saturated carbocycles. The number of rotatable bonds is 2. The summed E-state index contributed by atoms with van der Waals surface area (Å²) in [6, 6.07) is 9.43. The van der Waals surface area contributed by atoms with E-state index in [2.05, 4.69) is 10.4 Å². The molecule has 1 fully saturated rings. The fourth-order valence-electron chi connectivity index (χ4n) is 3.06. The first-order valence-corrected chi connectivity index (χ1v) is 8.32. The normalized spacial score (nSPS) is 20.9. The summed E-state index contributed by atoms with van der Waals surface area (Å²) in [4.78, 5) is 14.2. The first-order valence-electron chi connectivity index (χ1n) is 8.32. The SMILES string of the molecule is Cc1cc(C)n(-c2ccccc2NC(=O)N2CCC(C)C(O)C2)n1. The number of nitrogens with one attached hydrogen (secondary N) is 1. The molecule has 1 aromatic heterocycles. The third kappa shape index (κ3) is 3.28. The summed E-state index contributed by atoms with van der Waals surface area (Å²) in [5.74, 6) is 0.232. The number of aliphatic hydroxyl groups excluding tert-OH is 1. The maximum Gasteiger partial charge on any atom is 0.321 e. The molecule has 3 rings (SSSR count). The molecular weight excluding hydrogens is 304 g/mol. The Morgan fingerprint density at radius 2 is 2.08 bits per heavy atom. The molecule has 2 N–H and O–H groups in total. The number of hydrogen-bond acceptors (Lipinski definition) is 3. The summed E-state index contributed by atoms with van der Waals surface area (Å²) in [6.07, 6.45) is 0.351. The predicted octanol–water partition coefficient (Wildman–Crippen LogP) is 2.72. The zero-order valence-electron chi connectivity index (χ0n) is 14.4. The lowest BCUT2D eigenvalue weighted by molar-refractivity contribution is 0.0464. The molecule has 128 valence electrons. The van der Waals surface area contributed by atoms with Gasteiger partial charge in [0.05, 0.1) is 23.2 Å². The standard InChI is InChI=1S/C18H24N4O2/c1-12-8-9-21(11-17(12)23)18(24)19-15-6-4-5-7-16(15)22-14(3)10-13(2)20-22/h4-7,10,12,17,23H,8-9,11H2,1-3H3,(H,19,24). The molecule has 6 heteroatoms. The Hall–Kier alpha value is -2.34. The Balaban J connectivity index is 1.81. The van der Waals surface area contributed by atoms with E-state index in [1.54, 1.807) is 4.90 Å². The lowest BCUT2D eigenvalue weighted by Crippen LogP contribution is -2.47. The number of benzene rings is 1. The third-order valence-electron chi connectivity index (χ3n) is 4.59. The molecule has 2 aromatic rings. The number of hydrogen-bond donors (Lipinski definition) is 2. The molecule has 2 amide bonds. The second kappa shape index (κ2) is 6.65. The van der Waals surface area contributed by atoms with E-state index in [4.69, 9.17) is 0 Å². The van der Waals surface area contributed by atoms with Gasteiger partial charge in [0.2, 0.25) is 0 Å². The minimum absolute atomic E-state index is 0.185. The molecule has 0 bridgehead atoms. The second-order valence-electron chi connectivity index (χ2n) is 6.57. The first kappa shape index (κ1) is 16.5. The monoisotopic (exact) mass is 328 g/mol. The molecule has 0 radical (unpaired) electrons. The maximum absolute atomic E-state index is 12.6. The number of aromatic nitrogens is 2. The van der Waals surface area contributed by atoms with Crippen molar-refractivity contribution in [2.75, 3.05) is 18.4 Å². The van der Waals surface area contributed by atoms with Gasteiger partial charge < -0.3 is 15.3 Å². The lowest BCUT2D eigenvalue weighted by atomic mass is 9.96. The minimum atomic E-state index is -0.462. The molecule has 6 nitrogen and oxygen atoms in total. The van der Waals surface area contributed by atoms with E-state index in [0.717, 1.165) is 23.5 Å². The number of carbonyl (C=O) groups is 1. The Kier molecular flexibility index (Phi) is 4.57. The second-order valence-corrected chi connectivity index (χ2v) is 6.57. The zero-order valence-corrected chi connectivity index (χ0v) is 14.4. The number of β-amino-alcohol motifs (C(OH)–C–C–N with tert-alkyl or cyclic N) is 1. The quantitative estimate of drug-likeness (QED) is 0.890. The summed E-state index contributed by atoms with van der Waals surface area (Å²) in [5.41, 5.74) is 3.49. The van der Waals surface area contributed by atoms with Crippen LogP contribution in [0.2, 0.25) is 0 Å². The average Bonchev–Trinajstić information content (AvgIpc) is 2.89. The highest BCUT2D eigenvalue weighted by Gasteiger charge is 2.27. The first-order chi connectivity index (χ1) is 11.5. The largest absolute Gasteiger partial charge is 0.391 e. The van der Waals surface area contributed by atoms with Crippen molar-refractivity contribution in [3.8, 4) is 5.69 Å². The molecule has 2 atom stereocenters. The van der Waals surface area contributed by atoms with Crippen molar-refractivity contribution in [3.05, 3.63) is 41.7 Å². The number of carbonyl (C=O) groups excluding carboxylic acids is 1. The smallest absolute Gasteiger partial charge is 0.321 e. The van der Waals surface area contributed by atoms with Gasteiger partial charge in [-0.05, 0) is 44.4 Å². The van der Waals surface area contributed by atoms with Crippen molar-refractivity contribution in [1.82, 2.24) is 14.7 Å². The molecule has 1 aromatic carbocycles. The van der Waals surface area contributed by atoms with Crippen LogP contribution >= 0.6 is 0 Å². The van der Waals surface area contributed by atoms with Crippen LogP contribution in [0.15, 0.2) is 30.3 Å². The van der Waals surface area contributed by atoms with Crippen LogP contribution in [0.1, 0.15) is 24.7 Å². The highest BCUT2D eigenvalue weighted by molar-refractivity contribution is 5.91. The van der Waals surface area contributed by atoms with Gasteiger partial charge in [-0.3, -0.25) is 0 Å². The molecule has 1 aliphatic heterocycles.